The van der Waals surface area contributed by atoms with Crippen LogP contribution in [0.15, 0.2) is 67.1 Å². The number of nitrogens with zero attached hydrogens (tertiary/aromatic N) is 2. The van der Waals surface area contributed by atoms with Gasteiger partial charge in [0.1, 0.15) is 18.0 Å². The van der Waals surface area contributed by atoms with Crippen LogP contribution in [0.25, 0.3) is 22.3 Å². The van der Waals surface area contributed by atoms with E-state index in [1.807, 2.05) is 25.1 Å². The number of halogens is 3. The molecule has 4 nitrogen and oxygen atoms in total. The zero-order valence-corrected chi connectivity index (χ0v) is 15.7. The van der Waals surface area contributed by atoms with Gasteiger partial charge in [-0.25, -0.2) is 9.97 Å². The number of H-pyrrole nitrogens is 1. The predicted octanol–water partition coefficient (Wildman–Crippen LogP) is 5.52. The van der Waals surface area contributed by atoms with Gasteiger partial charge in [0.25, 0.3) is 0 Å². The average molecular weight is 396 g/mol. The minimum Gasteiger partial charge on any atom is -0.374 e. The summed E-state index contributed by atoms with van der Waals surface area (Å²) in [6, 6.07) is 14.2. The number of fused-ring (bicyclic) bond motifs is 1. The number of aromatic amines is 1. The smallest absolute Gasteiger partial charge is 0.374 e. The van der Waals surface area contributed by atoms with Crippen LogP contribution >= 0.6 is 0 Å². The maximum atomic E-state index is 13.6. The van der Waals surface area contributed by atoms with Crippen molar-refractivity contribution in [3.8, 4) is 11.3 Å². The lowest BCUT2D eigenvalue weighted by Gasteiger charge is -2.23. The molecule has 0 radical (unpaired) electrons. The molecule has 2 aromatic heterocycles. The lowest BCUT2D eigenvalue weighted by atomic mass is 10.0. The summed E-state index contributed by atoms with van der Waals surface area (Å²) in [5.41, 5.74) is 4.48. The minimum atomic E-state index is -4.36. The molecule has 0 bridgehead atoms. The lowest BCUT2D eigenvalue weighted by Crippen LogP contribution is -2.38. The van der Waals surface area contributed by atoms with Crippen LogP contribution in [0.2, 0.25) is 0 Å². The Bertz CT molecular complexity index is 1070. The van der Waals surface area contributed by atoms with Crippen molar-refractivity contribution in [2.75, 3.05) is 5.32 Å². The van der Waals surface area contributed by atoms with Crippen LogP contribution in [0.1, 0.15) is 11.1 Å². The molecular formula is C22H19F3N4. The Morgan fingerprint density at radius 2 is 1.76 bits per heavy atom. The van der Waals surface area contributed by atoms with E-state index in [0.29, 0.717) is 16.9 Å². The first-order valence-corrected chi connectivity index (χ1v) is 9.16. The van der Waals surface area contributed by atoms with Crippen LogP contribution in [-0.2, 0) is 6.42 Å². The Labute approximate surface area is 165 Å². The van der Waals surface area contributed by atoms with Crippen molar-refractivity contribution in [3.05, 3.63) is 78.2 Å². The molecule has 0 saturated carbocycles. The molecule has 7 heteroatoms. The SMILES string of the molecule is Cc1ccc(CC(Nc2ccc(-c3cc4cncnc4[nH]3)cc2)C(F)(F)F)cc1. The summed E-state index contributed by atoms with van der Waals surface area (Å²) in [6.45, 7) is 1.91. The molecule has 2 N–H and O–H groups in total. The minimum absolute atomic E-state index is 0.133. The first-order valence-electron chi connectivity index (χ1n) is 9.16. The molecule has 2 heterocycles. The van der Waals surface area contributed by atoms with E-state index in [2.05, 4.69) is 20.3 Å². The summed E-state index contributed by atoms with van der Waals surface area (Å²) in [4.78, 5) is 11.3. The van der Waals surface area contributed by atoms with Crippen molar-refractivity contribution in [3.63, 3.8) is 0 Å². The first-order chi connectivity index (χ1) is 13.9. The van der Waals surface area contributed by atoms with E-state index in [-0.39, 0.29) is 6.42 Å². The molecule has 29 heavy (non-hydrogen) atoms. The zero-order valence-electron chi connectivity index (χ0n) is 15.7. The molecule has 0 saturated heterocycles. The standard InChI is InChI=1S/C22H19F3N4/c1-14-2-4-15(5-3-14)10-20(22(23,24)25)28-18-8-6-16(7-9-18)19-11-17-12-26-13-27-21(17)29-19/h2-9,11-13,20,28H,10H2,1H3,(H,26,27,29). The molecule has 4 aromatic rings. The highest BCUT2D eigenvalue weighted by molar-refractivity contribution is 5.82. The largest absolute Gasteiger partial charge is 0.408 e. The van der Waals surface area contributed by atoms with Crippen molar-refractivity contribution in [1.82, 2.24) is 15.0 Å². The molecule has 0 aliphatic rings. The van der Waals surface area contributed by atoms with E-state index in [0.717, 1.165) is 22.2 Å². The zero-order chi connectivity index (χ0) is 20.4. The molecule has 0 amide bonds. The van der Waals surface area contributed by atoms with Gasteiger partial charge in [-0.1, -0.05) is 42.0 Å². The molecule has 0 aliphatic carbocycles. The van der Waals surface area contributed by atoms with Crippen LogP contribution in [-0.4, -0.2) is 27.2 Å². The number of aromatic nitrogens is 3. The van der Waals surface area contributed by atoms with E-state index < -0.39 is 12.2 Å². The fraction of sp³-hybridized carbons (Fsp3) is 0.182. The second-order valence-corrected chi connectivity index (χ2v) is 7.02. The lowest BCUT2D eigenvalue weighted by molar-refractivity contribution is -0.142. The summed E-state index contributed by atoms with van der Waals surface area (Å²) in [7, 11) is 0. The Balaban J connectivity index is 1.52. The second-order valence-electron chi connectivity index (χ2n) is 7.02. The predicted molar refractivity (Wildman–Crippen MR) is 108 cm³/mol. The summed E-state index contributed by atoms with van der Waals surface area (Å²) >= 11 is 0. The van der Waals surface area contributed by atoms with Gasteiger partial charge in [-0.3, -0.25) is 0 Å². The molecule has 0 fully saturated rings. The van der Waals surface area contributed by atoms with Gasteiger partial charge in [0.2, 0.25) is 0 Å². The number of aryl methyl sites for hydroxylation is 1. The Kier molecular flexibility index (Phi) is 4.96. The second kappa shape index (κ2) is 7.58. The van der Waals surface area contributed by atoms with E-state index in [9.17, 15) is 13.2 Å². The van der Waals surface area contributed by atoms with Crippen molar-refractivity contribution < 1.29 is 13.2 Å². The third-order valence-electron chi connectivity index (χ3n) is 4.79. The Hall–Kier alpha value is -3.35. The number of nitrogens with one attached hydrogen (secondary N) is 2. The summed E-state index contributed by atoms with van der Waals surface area (Å²) in [6.07, 6.45) is -1.33. The normalized spacial score (nSPS) is 12.8. The third-order valence-corrected chi connectivity index (χ3v) is 4.79. The van der Waals surface area contributed by atoms with Gasteiger partial charge in [-0.15, -0.1) is 0 Å². The van der Waals surface area contributed by atoms with Gasteiger partial charge in [0.05, 0.1) is 0 Å². The van der Waals surface area contributed by atoms with Gasteiger partial charge in [-0.05, 0) is 36.2 Å². The van der Waals surface area contributed by atoms with Crippen molar-refractivity contribution in [2.24, 2.45) is 0 Å². The highest BCUT2D eigenvalue weighted by Crippen LogP contribution is 2.28. The molecule has 0 spiro atoms. The molecule has 0 aliphatic heterocycles. The highest BCUT2D eigenvalue weighted by atomic mass is 19.4. The van der Waals surface area contributed by atoms with Crippen LogP contribution in [0.3, 0.4) is 0 Å². The summed E-state index contributed by atoms with van der Waals surface area (Å²) in [5.74, 6) is 0. The molecule has 4 rings (SSSR count). The van der Waals surface area contributed by atoms with Crippen molar-refractivity contribution in [1.29, 1.82) is 0 Å². The Morgan fingerprint density at radius 3 is 2.41 bits per heavy atom. The van der Waals surface area contributed by atoms with Crippen molar-refractivity contribution >= 4 is 16.7 Å². The van der Waals surface area contributed by atoms with Crippen molar-refractivity contribution in [2.45, 2.75) is 25.6 Å². The number of alkyl halides is 3. The fourth-order valence-corrected chi connectivity index (χ4v) is 3.18. The molecule has 148 valence electrons. The monoisotopic (exact) mass is 396 g/mol. The Morgan fingerprint density at radius 1 is 1.03 bits per heavy atom. The first kappa shape index (κ1) is 19.0. The molecule has 2 aromatic carbocycles. The van der Waals surface area contributed by atoms with E-state index in [4.69, 9.17) is 0 Å². The quantitative estimate of drug-likeness (QED) is 0.467. The maximum absolute atomic E-state index is 13.6. The number of benzene rings is 2. The number of anilines is 1. The van der Waals surface area contributed by atoms with Crippen LogP contribution in [0.4, 0.5) is 18.9 Å². The number of hydrogen-bond acceptors (Lipinski definition) is 3. The van der Waals surface area contributed by atoms with Crippen LogP contribution in [0, 0.1) is 6.92 Å². The number of rotatable bonds is 5. The van der Waals surface area contributed by atoms with Crippen LogP contribution < -0.4 is 5.32 Å². The maximum Gasteiger partial charge on any atom is 0.408 e. The van der Waals surface area contributed by atoms with E-state index >= 15 is 0 Å². The van der Waals surface area contributed by atoms with Gasteiger partial charge in [0.15, 0.2) is 0 Å². The topological polar surface area (TPSA) is 53.6 Å². The van der Waals surface area contributed by atoms with Crippen LogP contribution in [0.5, 0.6) is 0 Å². The average Bonchev–Trinajstić information content (AvgIpc) is 3.13. The number of hydrogen-bond donors (Lipinski definition) is 2. The van der Waals surface area contributed by atoms with E-state index in [1.54, 1.807) is 42.6 Å². The van der Waals surface area contributed by atoms with Gasteiger partial charge in [0, 0.05) is 29.4 Å². The van der Waals surface area contributed by atoms with Gasteiger partial charge < -0.3 is 10.3 Å². The van der Waals surface area contributed by atoms with Gasteiger partial charge >= 0.3 is 6.18 Å². The fourth-order valence-electron chi connectivity index (χ4n) is 3.18. The summed E-state index contributed by atoms with van der Waals surface area (Å²) in [5, 5.41) is 3.50. The summed E-state index contributed by atoms with van der Waals surface area (Å²) < 4.78 is 40.7. The molecule has 1 atom stereocenters. The van der Waals surface area contributed by atoms with Gasteiger partial charge in [-0.2, -0.15) is 13.2 Å². The highest BCUT2D eigenvalue weighted by Gasteiger charge is 2.39. The molecular weight excluding hydrogens is 377 g/mol. The van der Waals surface area contributed by atoms with E-state index in [1.165, 1.54) is 6.33 Å². The molecule has 1 unspecified atom stereocenters. The third kappa shape index (κ3) is 4.39.